The van der Waals surface area contributed by atoms with Gasteiger partial charge in [-0.2, -0.15) is 0 Å². The van der Waals surface area contributed by atoms with Gasteiger partial charge in [-0.05, 0) is 39.3 Å². The summed E-state index contributed by atoms with van der Waals surface area (Å²) in [6, 6.07) is 7.48. The lowest BCUT2D eigenvalue weighted by molar-refractivity contribution is -0.141. The third-order valence-electron chi connectivity index (χ3n) is 3.28. The van der Waals surface area contributed by atoms with Crippen molar-refractivity contribution in [2.24, 2.45) is 5.92 Å². The first-order chi connectivity index (χ1) is 8.93. The fourth-order valence-electron chi connectivity index (χ4n) is 1.58. The number of anilines is 1. The molecule has 0 heterocycles. The first kappa shape index (κ1) is 15.3. The van der Waals surface area contributed by atoms with E-state index in [-0.39, 0.29) is 12.1 Å². The zero-order valence-electron chi connectivity index (χ0n) is 12.0. The summed E-state index contributed by atoms with van der Waals surface area (Å²) in [5.74, 6) is -0.444. The lowest BCUT2D eigenvalue weighted by Gasteiger charge is -2.20. The van der Waals surface area contributed by atoms with Gasteiger partial charge in [-0.15, -0.1) is 0 Å². The number of hydrogen-bond donors (Lipinski definition) is 2. The molecule has 1 rings (SSSR count). The van der Waals surface area contributed by atoms with E-state index in [2.05, 4.69) is 12.2 Å². The molecule has 19 heavy (non-hydrogen) atoms. The SMILES string of the molecule is CCC(C)Oc1cccc(NC(C)C(C)C(=O)O)c1. The third kappa shape index (κ3) is 4.81. The molecule has 0 saturated heterocycles. The average molecular weight is 265 g/mol. The molecule has 0 aliphatic carbocycles. The number of aliphatic carboxylic acids is 1. The molecule has 0 aliphatic rings. The van der Waals surface area contributed by atoms with Gasteiger partial charge in [0.15, 0.2) is 0 Å². The molecule has 4 nitrogen and oxygen atoms in total. The van der Waals surface area contributed by atoms with Crippen molar-refractivity contribution in [3.05, 3.63) is 24.3 Å². The first-order valence-electron chi connectivity index (χ1n) is 6.70. The summed E-state index contributed by atoms with van der Waals surface area (Å²) in [5, 5.41) is 12.2. The summed E-state index contributed by atoms with van der Waals surface area (Å²) in [4.78, 5) is 10.9. The summed E-state index contributed by atoms with van der Waals surface area (Å²) in [5.41, 5.74) is 0.876. The van der Waals surface area contributed by atoms with Crippen LogP contribution < -0.4 is 10.1 Å². The highest BCUT2D eigenvalue weighted by Gasteiger charge is 2.19. The number of rotatable bonds is 7. The second-order valence-corrected chi connectivity index (χ2v) is 4.92. The highest BCUT2D eigenvalue weighted by Crippen LogP contribution is 2.21. The Labute approximate surface area is 114 Å². The highest BCUT2D eigenvalue weighted by atomic mass is 16.5. The Hall–Kier alpha value is -1.71. The molecule has 0 saturated carbocycles. The summed E-state index contributed by atoms with van der Waals surface area (Å²) >= 11 is 0. The Bertz CT molecular complexity index is 420. The van der Waals surface area contributed by atoms with Gasteiger partial charge in [-0.1, -0.05) is 13.0 Å². The summed E-state index contributed by atoms with van der Waals surface area (Å²) in [7, 11) is 0. The van der Waals surface area contributed by atoms with Crippen LogP contribution in [0.25, 0.3) is 0 Å². The van der Waals surface area contributed by atoms with Crippen LogP contribution in [0.15, 0.2) is 24.3 Å². The molecule has 1 aromatic carbocycles. The van der Waals surface area contributed by atoms with Gasteiger partial charge in [0.1, 0.15) is 5.75 Å². The third-order valence-corrected chi connectivity index (χ3v) is 3.28. The fourth-order valence-corrected chi connectivity index (χ4v) is 1.58. The van der Waals surface area contributed by atoms with Crippen molar-refractivity contribution in [2.75, 3.05) is 5.32 Å². The molecule has 0 aliphatic heterocycles. The normalized spacial score (nSPS) is 15.4. The van der Waals surface area contributed by atoms with Crippen molar-refractivity contribution in [3.8, 4) is 5.75 Å². The Kier molecular flexibility index (Phi) is 5.67. The van der Waals surface area contributed by atoms with E-state index >= 15 is 0 Å². The Morgan fingerprint density at radius 2 is 2.05 bits per heavy atom. The molecule has 1 aromatic rings. The van der Waals surface area contributed by atoms with Crippen LogP contribution in [-0.2, 0) is 4.79 Å². The van der Waals surface area contributed by atoms with E-state index in [1.165, 1.54) is 0 Å². The molecule has 0 fully saturated rings. The number of carbonyl (C=O) groups is 1. The van der Waals surface area contributed by atoms with Gasteiger partial charge in [0, 0.05) is 17.8 Å². The van der Waals surface area contributed by atoms with Gasteiger partial charge < -0.3 is 15.2 Å². The topological polar surface area (TPSA) is 58.6 Å². The smallest absolute Gasteiger partial charge is 0.308 e. The Morgan fingerprint density at radius 3 is 2.63 bits per heavy atom. The van der Waals surface area contributed by atoms with Crippen LogP contribution in [0.2, 0.25) is 0 Å². The molecule has 0 aromatic heterocycles. The predicted octanol–water partition coefficient (Wildman–Crippen LogP) is 3.39. The maximum absolute atomic E-state index is 10.9. The van der Waals surface area contributed by atoms with Crippen LogP contribution in [0.4, 0.5) is 5.69 Å². The lowest BCUT2D eigenvalue weighted by atomic mass is 10.0. The van der Waals surface area contributed by atoms with E-state index < -0.39 is 11.9 Å². The second kappa shape index (κ2) is 7.02. The molecule has 0 radical (unpaired) electrons. The molecule has 4 heteroatoms. The molecule has 0 bridgehead atoms. The molecular weight excluding hydrogens is 242 g/mol. The van der Waals surface area contributed by atoms with Crippen molar-refractivity contribution in [1.82, 2.24) is 0 Å². The molecule has 2 N–H and O–H groups in total. The number of benzene rings is 1. The van der Waals surface area contributed by atoms with E-state index in [4.69, 9.17) is 9.84 Å². The monoisotopic (exact) mass is 265 g/mol. The molecule has 0 spiro atoms. The average Bonchev–Trinajstić information content (AvgIpc) is 2.37. The van der Waals surface area contributed by atoms with Gasteiger partial charge in [0.05, 0.1) is 12.0 Å². The van der Waals surface area contributed by atoms with Crippen molar-refractivity contribution >= 4 is 11.7 Å². The molecule has 106 valence electrons. The first-order valence-corrected chi connectivity index (χ1v) is 6.70. The van der Waals surface area contributed by atoms with Crippen LogP contribution in [-0.4, -0.2) is 23.2 Å². The quantitative estimate of drug-likeness (QED) is 0.793. The number of carboxylic acid groups (broad SMARTS) is 1. The standard InChI is InChI=1S/C15H23NO3/c1-5-10(2)19-14-8-6-7-13(9-14)16-12(4)11(3)15(17)18/h6-12,16H,5H2,1-4H3,(H,17,18). The number of nitrogens with one attached hydrogen (secondary N) is 1. The molecule has 0 amide bonds. The maximum atomic E-state index is 10.9. The molecule has 3 atom stereocenters. The van der Waals surface area contributed by atoms with Crippen LogP contribution in [0.5, 0.6) is 5.75 Å². The molecular formula is C15H23NO3. The van der Waals surface area contributed by atoms with Crippen molar-refractivity contribution in [2.45, 2.75) is 46.3 Å². The van der Waals surface area contributed by atoms with E-state index in [1.54, 1.807) is 6.92 Å². The number of carboxylic acids is 1. The van der Waals surface area contributed by atoms with Gasteiger partial charge in [0.2, 0.25) is 0 Å². The number of ether oxygens (including phenoxy) is 1. The summed E-state index contributed by atoms with van der Waals surface area (Å²) in [6.45, 7) is 7.65. The predicted molar refractivity (Wildman–Crippen MR) is 76.7 cm³/mol. The van der Waals surface area contributed by atoms with Gasteiger partial charge in [-0.25, -0.2) is 0 Å². The second-order valence-electron chi connectivity index (χ2n) is 4.92. The maximum Gasteiger partial charge on any atom is 0.308 e. The van der Waals surface area contributed by atoms with Crippen LogP contribution in [0, 0.1) is 5.92 Å². The van der Waals surface area contributed by atoms with E-state index in [0.717, 1.165) is 17.9 Å². The van der Waals surface area contributed by atoms with E-state index in [1.807, 2.05) is 38.1 Å². The number of hydrogen-bond acceptors (Lipinski definition) is 3. The van der Waals surface area contributed by atoms with Crippen molar-refractivity contribution in [3.63, 3.8) is 0 Å². The highest BCUT2D eigenvalue weighted by molar-refractivity contribution is 5.71. The van der Waals surface area contributed by atoms with Gasteiger partial charge in [-0.3, -0.25) is 4.79 Å². The zero-order chi connectivity index (χ0) is 14.4. The van der Waals surface area contributed by atoms with Crippen LogP contribution in [0.3, 0.4) is 0 Å². The summed E-state index contributed by atoms with van der Waals surface area (Å²) in [6.07, 6.45) is 1.12. The zero-order valence-corrected chi connectivity index (χ0v) is 12.0. The van der Waals surface area contributed by atoms with Crippen LogP contribution >= 0.6 is 0 Å². The van der Waals surface area contributed by atoms with Gasteiger partial charge in [0.25, 0.3) is 0 Å². The van der Waals surface area contributed by atoms with Crippen molar-refractivity contribution in [1.29, 1.82) is 0 Å². The molecule has 3 unspecified atom stereocenters. The van der Waals surface area contributed by atoms with Gasteiger partial charge >= 0.3 is 5.97 Å². The lowest BCUT2D eigenvalue weighted by Crippen LogP contribution is -2.29. The van der Waals surface area contributed by atoms with Crippen LogP contribution in [0.1, 0.15) is 34.1 Å². The fraction of sp³-hybridized carbons (Fsp3) is 0.533. The Morgan fingerprint density at radius 1 is 1.37 bits per heavy atom. The Balaban J connectivity index is 2.69. The van der Waals surface area contributed by atoms with E-state index in [0.29, 0.717) is 0 Å². The minimum Gasteiger partial charge on any atom is -0.491 e. The van der Waals surface area contributed by atoms with Crippen molar-refractivity contribution < 1.29 is 14.6 Å². The minimum absolute atomic E-state index is 0.142. The minimum atomic E-state index is -0.799. The summed E-state index contributed by atoms with van der Waals surface area (Å²) < 4.78 is 5.74. The largest absolute Gasteiger partial charge is 0.491 e. The van der Waals surface area contributed by atoms with E-state index in [9.17, 15) is 4.79 Å².